The van der Waals surface area contributed by atoms with Crippen LogP contribution in [-0.2, 0) is 6.61 Å². The number of fused-ring (bicyclic) bond motifs is 1. The van der Waals surface area contributed by atoms with E-state index < -0.39 is 0 Å². The molecule has 0 aliphatic carbocycles. The molecule has 2 aromatic carbocycles. The third-order valence-corrected chi connectivity index (χ3v) is 2.25. The summed E-state index contributed by atoms with van der Waals surface area (Å²) in [5.41, 5.74) is 1.48. The fourth-order valence-electron chi connectivity index (χ4n) is 1.52. The highest BCUT2D eigenvalue weighted by atomic mass is 16.3. The number of nitrogens with zero attached hydrogens (tertiary/aromatic N) is 1. The smallest absolute Gasteiger partial charge is 0.0998 e. The van der Waals surface area contributed by atoms with Crippen molar-refractivity contribution in [3.8, 4) is 6.07 Å². The van der Waals surface area contributed by atoms with Crippen LogP contribution in [0.15, 0.2) is 36.4 Å². The summed E-state index contributed by atoms with van der Waals surface area (Å²) in [5.74, 6) is 0. The summed E-state index contributed by atoms with van der Waals surface area (Å²) < 4.78 is 0. The van der Waals surface area contributed by atoms with Crippen LogP contribution in [0.5, 0.6) is 0 Å². The first-order valence-corrected chi connectivity index (χ1v) is 4.38. The van der Waals surface area contributed by atoms with Crippen molar-refractivity contribution in [3.05, 3.63) is 47.5 Å². The molecular formula is C12H9NO. The normalized spacial score (nSPS) is 10.0. The van der Waals surface area contributed by atoms with Gasteiger partial charge >= 0.3 is 0 Å². The molecule has 0 aliphatic rings. The largest absolute Gasteiger partial charge is 0.392 e. The van der Waals surface area contributed by atoms with Gasteiger partial charge in [0.2, 0.25) is 0 Å². The first kappa shape index (κ1) is 8.74. The maximum atomic E-state index is 8.98. The van der Waals surface area contributed by atoms with Gasteiger partial charge in [0, 0.05) is 0 Å². The highest BCUT2D eigenvalue weighted by Crippen LogP contribution is 2.19. The number of nitriles is 1. The van der Waals surface area contributed by atoms with Gasteiger partial charge in [-0.15, -0.1) is 0 Å². The molecule has 1 N–H and O–H groups in total. The molecule has 2 nitrogen and oxygen atoms in total. The number of benzene rings is 2. The van der Waals surface area contributed by atoms with Crippen LogP contribution in [-0.4, -0.2) is 5.11 Å². The quantitative estimate of drug-likeness (QED) is 0.736. The maximum Gasteiger partial charge on any atom is 0.0998 e. The minimum Gasteiger partial charge on any atom is -0.392 e. The van der Waals surface area contributed by atoms with E-state index in [9.17, 15) is 0 Å². The van der Waals surface area contributed by atoms with Crippen molar-refractivity contribution in [2.45, 2.75) is 6.61 Å². The average molecular weight is 183 g/mol. The van der Waals surface area contributed by atoms with Gasteiger partial charge in [-0.2, -0.15) is 5.26 Å². The third kappa shape index (κ3) is 1.34. The van der Waals surface area contributed by atoms with E-state index in [1.165, 1.54) is 0 Å². The molecule has 2 aromatic rings. The van der Waals surface area contributed by atoms with Gasteiger partial charge in [-0.05, 0) is 28.5 Å². The lowest BCUT2D eigenvalue weighted by atomic mass is 10.0. The van der Waals surface area contributed by atoms with Crippen molar-refractivity contribution in [2.24, 2.45) is 0 Å². The molecule has 0 radical (unpaired) electrons. The summed E-state index contributed by atoms with van der Waals surface area (Å²) in [4.78, 5) is 0. The number of rotatable bonds is 1. The van der Waals surface area contributed by atoms with Gasteiger partial charge in [0.15, 0.2) is 0 Å². The minimum absolute atomic E-state index is 0.00963. The van der Waals surface area contributed by atoms with E-state index in [0.29, 0.717) is 5.56 Å². The highest BCUT2D eigenvalue weighted by Gasteiger charge is 2.00. The summed E-state index contributed by atoms with van der Waals surface area (Å²) in [6.45, 7) is 0.00963. The predicted octanol–water partition coefficient (Wildman–Crippen LogP) is 2.20. The fourth-order valence-corrected chi connectivity index (χ4v) is 1.52. The van der Waals surface area contributed by atoms with Gasteiger partial charge in [0.05, 0.1) is 18.2 Å². The van der Waals surface area contributed by atoms with Crippen molar-refractivity contribution in [2.75, 3.05) is 0 Å². The topological polar surface area (TPSA) is 44.0 Å². The number of aliphatic hydroxyl groups is 1. The molecule has 0 unspecified atom stereocenters. The first-order valence-electron chi connectivity index (χ1n) is 4.38. The van der Waals surface area contributed by atoms with Crippen LogP contribution < -0.4 is 0 Å². The second-order valence-electron chi connectivity index (χ2n) is 3.13. The number of aliphatic hydroxyl groups excluding tert-OH is 1. The van der Waals surface area contributed by atoms with Crippen LogP contribution in [0, 0.1) is 11.3 Å². The van der Waals surface area contributed by atoms with E-state index in [-0.39, 0.29) is 6.61 Å². The van der Waals surface area contributed by atoms with Gasteiger partial charge in [-0.3, -0.25) is 0 Å². The Kier molecular flexibility index (Phi) is 2.18. The van der Waals surface area contributed by atoms with Crippen LogP contribution in [0.1, 0.15) is 11.1 Å². The van der Waals surface area contributed by atoms with Crippen molar-refractivity contribution in [1.82, 2.24) is 0 Å². The van der Waals surface area contributed by atoms with Gasteiger partial charge in [-0.25, -0.2) is 0 Å². The summed E-state index contributed by atoms with van der Waals surface area (Å²) in [6.07, 6.45) is 0. The molecule has 2 rings (SSSR count). The summed E-state index contributed by atoms with van der Waals surface area (Å²) in [7, 11) is 0. The minimum atomic E-state index is 0.00963. The van der Waals surface area contributed by atoms with E-state index >= 15 is 0 Å². The zero-order valence-corrected chi connectivity index (χ0v) is 7.57. The van der Waals surface area contributed by atoms with Crippen molar-refractivity contribution in [1.29, 1.82) is 5.26 Å². The van der Waals surface area contributed by atoms with E-state index in [2.05, 4.69) is 6.07 Å². The summed E-state index contributed by atoms with van der Waals surface area (Å²) in [6, 6.07) is 13.4. The lowest BCUT2D eigenvalue weighted by molar-refractivity contribution is 0.282. The lowest BCUT2D eigenvalue weighted by Gasteiger charge is -2.01. The Morgan fingerprint density at radius 2 is 2.07 bits per heavy atom. The molecule has 68 valence electrons. The molecular weight excluding hydrogens is 174 g/mol. The van der Waals surface area contributed by atoms with Crippen molar-refractivity contribution in [3.63, 3.8) is 0 Å². The van der Waals surface area contributed by atoms with Gasteiger partial charge in [0.25, 0.3) is 0 Å². The zero-order valence-electron chi connectivity index (χ0n) is 7.57. The maximum absolute atomic E-state index is 8.98. The monoisotopic (exact) mass is 183 g/mol. The molecule has 2 heteroatoms. The Labute approximate surface area is 82.0 Å². The molecule has 0 aromatic heterocycles. The Hall–Kier alpha value is -1.85. The number of hydrogen-bond donors (Lipinski definition) is 1. The molecule has 0 saturated carbocycles. The van der Waals surface area contributed by atoms with E-state index in [0.717, 1.165) is 16.3 Å². The van der Waals surface area contributed by atoms with Crippen LogP contribution in [0.25, 0.3) is 10.8 Å². The zero-order chi connectivity index (χ0) is 9.97. The Morgan fingerprint density at radius 1 is 1.21 bits per heavy atom. The van der Waals surface area contributed by atoms with E-state index in [1.807, 2.05) is 30.3 Å². The Bertz CT molecular complexity index is 511. The van der Waals surface area contributed by atoms with Gasteiger partial charge < -0.3 is 5.11 Å². The standard InChI is InChI=1S/C12H9NO/c13-7-11-3-1-2-10-5-4-9(8-14)6-12(10)11/h1-6,14H,8H2. The highest BCUT2D eigenvalue weighted by molar-refractivity contribution is 5.88. The van der Waals surface area contributed by atoms with Gasteiger partial charge in [-0.1, -0.05) is 24.3 Å². The molecule has 0 aliphatic heterocycles. The van der Waals surface area contributed by atoms with Crippen LogP contribution in [0.4, 0.5) is 0 Å². The average Bonchev–Trinajstić information content (AvgIpc) is 2.27. The predicted molar refractivity (Wildman–Crippen MR) is 54.6 cm³/mol. The molecule has 0 bridgehead atoms. The molecule has 14 heavy (non-hydrogen) atoms. The second-order valence-corrected chi connectivity index (χ2v) is 3.13. The first-order chi connectivity index (χ1) is 6.85. The fraction of sp³-hybridized carbons (Fsp3) is 0.0833. The Balaban J connectivity index is 2.78. The molecule has 0 fully saturated rings. The SMILES string of the molecule is N#Cc1cccc2ccc(CO)cc12. The molecule has 0 atom stereocenters. The number of hydrogen-bond acceptors (Lipinski definition) is 2. The third-order valence-electron chi connectivity index (χ3n) is 2.25. The van der Waals surface area contributed by atoms with Crippen molar-refractivity contribution >= 4 is 10.8 Å². The van der Waals surface area contributed by atoms with E-state index in [4.69, 9.17) is 10.4 Å². The van der Waals surface area contributed by atoms with Crippen LogP contribution >= 0.6 is 0 Å². The molecule has 0 spiro atoms. The molecule has 0 heterocycles. The van der Waals surface area contributed by atoms with Gasteiger partial charge in [0.1, 0.15) is 0 Å². The lowest BCUT2D eigenvalue weighted by Crippen LogP contribution is -1.85. The van der Waals surface area contributed by atoms with E-state index in [1.54, 1.807) is 6.07 Å². The molecule has 0 amide bonds. The van der Waals surface area contributed by atoms with Crippen molar-refractivity contribution < 1.29 is 5.11 Å². The van der Waals surface area contributed by atoms with Crippen LogP contribution in [0.2, 0.25) is 0 Å². The van der Waals surface area contributed by atoms with Crippen LogP contribution in [0.3, 0.4) is 0 Å². The second kappa shape index (κ2) is 3.49. The molecule has 0 saturated heterocycles. The Morgan fingerprint density at radius 3 is 2.79 bits per heavy atom. The summed E-state index contributed by atoms with van der Waals surface area (Å²) >= 11 is 0. The summed E-state index contributed by atoms with van der Waals surface area (Å²) in [5, 5.41) is 19.8.